The number of carbonyl (C=O) groups excluding carboxylic acids is 1. The molecule has 0 bridgehead atoms. The lowest BCUT2D eigenvalue weighted by atomic mass is 9.99. The summed E-state index contributed by atoms with van der Waals surface area (Å²) in [5.74, 6) is -0.00788. The van der Waals surface area contributed by atoms with Crippen LogP contribution in [0.3, 0.4) is 0 Å². The molecule has 0 aromatic carbocycles. The second kappa shape index (κ2) is 12.5. The van der Waals surface area contributed by atoms with E-state index in [1.54, 1.807) is 0 Å². The van der Waals surface area contributed by atoms with Gasteiger partial charge in [0.25, 0.3) is 0 Å². The molecule has 4 nitrogen and oxygen atoms in total. The van der Waals surface area contributed by atoms with Gasteiger partial charge in [-0.25, -0.2) is 4.79 Å². The Bertz CT molecular complexity index is 334. The quantitative estimate of drug-likeness (QED) is 0.359. The molecule has 1 saturated carbocycles. The number of morpholine rings is 1. The molecule has 2 rings (SSSR count). The topological polar surface area (TPSA) is 35.5 Å². The van der Waals surface area contributed by atoms with Crippen LogP contribution in [0, 0.1) is 0 Å². The minimum atomic E-state index is -0.00788. The number of carbonyl (C=O) groups is 1. The average molecular weight is 453 g/mol. The van der Waals surface area contributed by atoms with E-state index >= 15 is 0 Å². The molecule has 0 atom stereocenters. The third-order valence-corrected chi connectivity index (χ3v) is 5.41. The second-order valence-electron chi connectivity index (χ2n) is 7.71. The first-order valence-electron chi connectivity index (χ1n) is 9.79. The van der Waals surface area contributed by atoms with Crippen LogP contribution in [0.2, 0.25) is 0 Å². The molecule has 0 aromatic rings. The highest BCUT2D eigenvalue weighted by molar-refractivity contribution is 5.70. The Morgan fingerprint density at radius 2 is 1.38 bits per heavy atom. The minimum Gasteiger partial charge on any atom is -1.00 e. The van der Waals surface area contributed by atoms with Crippen molar-refractivity contribution in [3.05, 3.63) is 0 Å². The van der Waals surface area contributed by atoms with Crippen LogP contribution in [-0.2, 0) is 14.3 Å². The van der Waals surface area contributed by atoms with E-state index in [2.05, 4.69) is 7.05 Å². The predicted octanol–water partition coefficient (Wildman–Crippen LogP) is 0.684. The summed E-state index contributed by atoms with van der Waals surface area (Å²) in [6.45, 7) is 3.85. The molecular formula is C19H36INO3. The number of rotatable bonds is 3. The molecule has 0 aromatic heterocycles. The summed E-state index contributed by atoms with van der Waals surface area (Å²) >= 11 is 0. The molecular weight excluding hydrogens is 417 g/mol. The fourth-order valence-corrected chi connectivity index (χ4v) is 3.72. The van der Waals surface area contributed by atoms with Crippen molar-refractivity contribution >= 4 is 5.97 Å². The van der Waals surface area contributed by atoms with Gasteiger partial charge < -0.3 is 37.9 Å². The summed E-state index contributed by atoms with van der Waals surface area (Å²) in [7, 11) is 2.14. The Labute approximate surface area is 165 Å². The van der Waals surface area contributed by atoms with E-state index in [-0.39, 0.29) is 36.0 Å². The lowest BCUT2D eigenvalue weighted by Crippen LogP contribution is -3.00. The van der Waals surface area contributed by atoms with Gasteiger partial charge in [-0.2, -0.15) is 0 Å². The van der Waals surface area contributed by atoms with Crippen molar-refractivity contribution in [3.8, 4) is 0 Å². The number of quaternary nitrogens is 1. The Morgan fingerprint density at radius 3 is 1.88 bits per heavy atom. The number of ether oxygens (including phenoxy) is 2. The van der Waals surface area contributed by atoms with Crippen molar-refractivity contribution < 1.29 is 42.7 Å². The highest BCUT2D eigenvalue weighted by Gasteiger charge is 2.30. The third-order valence-electron chi connectivity index (χ3n) is 5.41. The molecule has 0 spiro atoms. The van der Waals surface area contributed by atoms with Gasteiger partial charge in [0, 0.05) is 0 Å². The van der Waals surface area contributed by atoms with E-state index in [0.29, 0.717) is 6.54 Å². The molecule has 1 heterocycles. The minimum absolute atomic E-state index is 0. The third kappa shape index (κ3) is 8.99. The van der Waals surface area contributed by atoms with E-state index in [4.69, 9.17) is 9.47 Å². The molecule has 0 amide bonds. The van der Waals surface area contributed by atoms with E-state index in [1.165, 1.54) is 57.8 Å². The molecule has 5 heteroatoms. The molecule has 2 fully saturated rings. The maximum Gasteiger partial charge on any atom is 0.362 e. The molecule has 1 aliphatic carbocycles. The molecule has 24 heavy (non-hydrogen) atoms. The Hall–Kier alpha value is 0.120. The molecule has 0 unspecified atom stereocenters. The van der Waals surface area contributed by atoms with Crippen molar-refractivity contribution in [1.29, 1.82) is 0 Å². The van der Waals surface area contributed by atoms with E-state index in [1.807, 2.05) is 0 Å². The van der Waals surface area contributed by atoms with Crippen molar-refractivity contribution in [2.75, 3.05) is 39.9 Å². The molecule has 1 aliphatic heterocycles. The maximum absolute atomic E-state index is 12.4. The zero-order chi connectivity index (χ0) is 16.4. The standard InChI is InChI=1S/C19H36NO3.HI/c1-20(13-15-22-16-14-20)17-19(21)23-18-11-9-7-5-3-2-4-6-8-10-12-18;/h18H,2-17H2,1H3;1H/q+1;/p-1. The lowest BCUT2D eigenvalue weighted by Gasteiger charge is -2.36. The molecule has 2 aliphatic rings. The first-order valence-corrected chi connectivity index (χ1v) is 9.79. The number of hydrogen-bond donors (Lipinski definition) is 0. The van der Waals surface area contributed by atoms with Crippen molar-refractivity contribution in [3.63, 3.8) is 0 Å². The Kier molecular flexibility index (Phi) is 11.5. The van der Waals surface area contributed by atoms with Gasteiger partial charge in [-0.15, -0.1) is 0 Å². The fourth-order valence-electron chi connectivity index (χ4n) is 3.72. The Morgan fingerprint density at radius 1 is 0.917 bits per heavy atom. The predicted molar refractivity (Wildman–Crippen MR) is 92.3 cm³/mol. The van der Waals surface area contributed by atoms with E-state index in [0.717, 1.165) is 43.6 Å². The summed E-state index contributed by atoms with van der Waals surface area (Å²) < 4.78 is 12.0. The number of likely N-dealkylation sites (N-methyl/N-ethyl adjacent to an activating group) is 1. The van der Waals surface area contributed by atoms with Gasteiger partial charge in [0.2, 0.25) is 0 Å². The molecule has 1 saturated heterocycles. The van der Waals surface area contributed by atoms with Crippen molar-refractivity contribution in [2.24, 2.45) is 0 Å². The van der Waals surface area contributed by atoms with Crippen LogP contribution >= 0.6 is 0 Å². The van der Waals surface area contributed by atoms with Gasteiger partial charge in [-0.1, -0.05) is 44.9 Å². The first-order chi connectivity index (χ1) is 11.2. The number of esters is 1. The van der Waals surface area contributed by atoms with Gasteiger partial charge in [0.15, 0.2) is 6.54 Å². The van der Waals surface area contributed by atoms with E-state index in [9.17, 15) is 4.79 Å². The maximum atomic E-state index is 12.4. The SMILES string of the molecule is C[N+]1(CC(=O)OC2CCCCCCCCCCC2)CCOCC1.[I-]. The van der Waals surface area contributed by atoms with Crippen LogP contribution in [0.5, 0.6) is 0 Å². The number of halogens is 1. The monoisotopic (exact) mass is 453 g/mol. The van der Waals surface area contributed by atoms with Crippen molar-refractivity contribution in [2.45, 2.75) is 76.7 Å². The van der Waals surface area contributed by atoms with E-state index < -0.39 is 0 Å². The summed E-state index contributed by atoms with van der Waals surface area (Å²) in [4.78, 5) is 12.4. The fraction of sp³-hybridized carbons (Fsp3) is 0.947. The summed E-state index contributed by atoms with van der Waals surface area (Å²) in [5.41, 5.74) is 0. The van der Waals surface area contributed by atoms with Crippen LogP contribution in [0.25, 0.3) is 0 Å². The average Bonchev–Trinajstić information content (AvgIpc) is 2.50. The summed E-state index contributed by atoms with van der Waals surface area (Å²) in [6, 6.07) is 0. The van der Waals surface area contributed by atoms with Crippen LogP contribution in [0.4, 0.5) is 0 Å². The second-order valence-corrected chi connectivity index (χ2v) is 7.71. The normalized spacial score (nSPS) is 24.0. The number of nitrogens with zero attached hydrogens (tertiary/aromatic N) is 1. The van der Waals surface area contributed by atoms with Gasteiger partial charge >= 0.3 is 5.97 Å². The zero-order valence-corrected chi connectivity index (χ0v) is 17.6. The largest absolute Gasteiger partial charge is 1.00 e. The summed E-state index contributed by atoms with van der Waals surface area (Å²) in [5, 5.41) is 0. The van der Waals surface area contributed by atoms with Gasteiger partial charge in [0.05, 0.1) is 20.3 Å². The zero-order valence-electron chi connectivity index (χ0n) is 15.4. The lowest BCUT2D eigenvalue weighted by molar-refractivity contribution is -0.910. The van der Waals surface area contributed by atoms with Crippen LogP contribution < -0.4 is 24.0 Å². The van der Waals surface area contributed by atoms with Gasteiger partial charge in [-0.3, -0.25) is 0 Å². The summed E-state index contributed by atoms with van der Waals surface area (Å²) in [6.07, 6.45) is 14.1. The van der Waals surface area contributed by atoms with Gasteiger partial charge in [0.1, 0.15) is 19.2 Å². The van der Waals surface area contributed by atoms with Crippen LogP contribution in [0.15, 0.2) is 0 Å². The van der Waals surface area contributed by atoms with Crippen LogP contribution in [0.1, 0.15) is 70.6 Å². The smallest absolute Gasteiger partial charge is 0.362 e. The molecule has 0 N–H and O–H groups in total. The number of hydrogen-bond acceptors (Lipinski definition) is 3. The van der Waals surface area contributed by atoms with Crippen molar-refractivity contribution in [1.82, 2.24) is 0 Å². The Balaban J connectivity index is 0.00000288. The highest BCUT2D eigenvalue weighted by Crippen LogP contribution is 2.19. The first kappa shape index (κ1) is 22.2. The molecule has 0 radical (unpaired) electrons. The van der Waals surface area contributed by atoms with Crippen LogP contribution in [-0.4, -0.2) is 56.5 Å². The van der Waals surface area contributed by atoms with Gasteiger partial charge in [-0.05, 0) is 25.7 Å². The molecule has 142 valence electrons. The highest BCUT2D eigenvalue weighted by atomic mass is 127.